The lowest BCUT2D eigenvalue weighted by Gasteiger charge is -2.31. The number of halogens is 3. The topological polar surface area (TPSA) is 93.1 Å². The molecule has 240 valence electrons. The van der Waals surface area contributed by atoms with Crippen LogP contribution in [0.5, 0.6) is 0 Å². The molecular formula is C36H33F3N6O2. The Hall–Kier alpha value is -5.32. The summed E-state index contributed by atoms with van der Waals surface area (Å²) in [6.07, 6.45) is -2.02. The second-order valence-corrected chi connectivity index (χ2v) is 11.5. The van der Waals surface area contributed by atoms with E-state index >= 15 is 0 Å². The molecule has 1 saturated heterocycles. The Balaban J connectivity index is 1.26. The van der Waals surface area contributed by atoms with Crippen molar-refractivity contribution in [3.63, 3.8) is 0 Å². The third-order valence-corrected chi connectivity index (χ3v) is 8.23. The quantitative estimate of drug-likeness (QED) is 0.183. The van der Waals surface area contributed by atoms with Gasteiger partial charge >= 0.3 is 12.3 Å². The van der Waals surface area contributed by atoms with Gasteiger partial charge in [-0.15, -0.1) is 5.10 Å². The Kier molecular flexibility index (Phi) is 9.42. The molecule has 8 nitrogen and oxygen atoms in total. The van der Waals surface area contributed by atoms with Crippen molar-refractivity contribution in [3.8, 4) is 22.5 Å². The Morgan fingerprint density at radius 2 is 1.66 bits per heavy atom. The van der Waals surface area contributed by atoms with Crippen LogP contribution in [-0.4, -0.2) is 44.2 Å². The van der Waals surface area contributed by atoms with Crippen LogP contribution >= 0.6 is 0 Å². The molecule has 3 heterocycles. The van der Waals surface area contributed by atoms with Gasteiger partial charge in [0.25, 0.3) is 0 Å². The minimum absolute atomic E-state index is 0.0208. The first-order valence-electron chi connectivity index (χ1n) is 15.4. The molecule has 1 fully saturated rings. The molecule has 0 unspecified atom stereocenters. The molecule has 1 amide bonds. The molecule has 0 spiro atoms. The number of likely N-dealkylation sites (tertiary alicyclic amines) is 1. The average molecular weight is 639 g/mol. The number of aromatic nitrogens is 4. The SMILES string of the molecule is C[C@H](Nc1nccc(-c2cc(C3CCN(C(=O)OCc4ccccc4)CC3)nnc2-c2cccc(C(F)(F)F)c2)n1)c1ccccc1. The number of hydrogen-bond donors (Lipinski definition) is 1. The number of alkyl halides is 3. The van der Waals surface area contributed by atoms with Crippen LogP contribution in [0.25, 0.3) is 22.5 Å². The van der Waals surface area contributed by atoms with Crippen molar-refractivity contribution in [2.75, 3.05) is 18.4 Å². The Labute approximate surface area is 270 Å². The lowest BCUT2D eigenvalue weighted by molar-refractivity contribution is -0.137. The standard InChI is InChI=1S/C36H33F3N6O2/c1-24(26-11-6-3-7-12-26)41-34-40-18-15-31(42-34)30-22-32(43-44-33(30)28-13-8-14-29(21-28)36(37,38)39)27-16-19-45(20-17-27)35(46)47-23-25-9-4-2-5-10-25/h2-15,18,21-22,24,27H,16-17,19-20,23H2,1H3,(H,40,41,42)/t24-/m0/s1. The van der Waals surface area contributed by atoms with Crippen LogP contribution in [0.1, 0.15) is 54.1 Å². The first kappa shape index (κ1) is 31.7. The number of hydrogen-bond acceptors (Lipinski definition) is 7. The van der Waals surface area contributed by atoms with E-state index in [0.717, 1.165) is 23.3 Å². The molecular weight excluding hydrogens is 605 g/mol. The number of carbonyl (C=O) groups is 1. The molecule has 1 N–H and O–H groups in total. The van der Waals surface area contributed by atoms with Crippen molar-refractivity contribution in [1.82, 2.24) is 25.1 Å². The van der Waals surface area contributed by atoms with Gasteiger partial charge in [-0.25, -0.2) is 14.8 Å². The van der Waals surface area contributed by atoms with E-state index in [1.165, 1.54) is 6.07 Å². The van der Waals surface area contributed by atoms with Crippen molar-refractivity contribution in [2.45, 2.75) is 44.5 Å². The van der Waals surface area contributed by atoms with Gasteiger partial charge in [-0.3, -0.25) is 0 Å². The fourth-order valence-corrected chi connectivity index (χ4v) is 5.62. The molecule has 47 heavy (non-hydrogen) atoms. The van der Waals surface area contributed by atoms with Crippen molar-refractivity contribution in [1.29, 1.82) is 0 Å². The molecule has 0 radical (unpaired) electrons. The van der Waals surface area contributed by atoms with Crippen molar-refractivity contribution in [3.05, 3.63) is 126 Å². The van der Waals surface area contributed by atoms with E-state index in [1.807, 2.05) is 73.7 Å². The summed E-state index contributed by atoms with van der Waals surface area (Å²) in [5.41, 5.74) is 3.45. The summed E-state index contributed by atoms with van der Waals surface area (Å²) in [5.74, 6) is 0.349. The molecule has 0 aliphatic carbocycles. The van der Waals surface area contributed by atoms with Gasteiger partial charge in [0.05, 0.1) is 23.0 Å². The lowest BCUT2D eigenvalue weighted by atomic mass is 9.91. The minimum Gasteiger partial charge on any atom is -0.445 e. The van der Waals surface area contributed by atoms with Crippen LogP contribution in [-0.2, 0) is 17.5 Å². The van der Waals surface area contributed by atoms with Gasteiger partial charge in [-0.05, 0) is 55.2 Å². The molecule has 11 heteroatoms. The monoisotopic (exact) mass is 638 g/mol. The summed E-state index contributed by atoms with van der Waals surface area (Å²) < 4.78 is 46.5. The van der Waals surface area contributed by atoms with Crippen LogP contribution in [0.4, 0.5) is 23.9 Å². The molecule has 1 aliphatic heterocycles. The number of rotatable bonds is 8. The van der Waals surface area contributed by atoms with Crippen LogP contribution in [0.2, 0.25) is 0 Å². The number of carbonyl (C=O) groups excluding carboxylic acids is 1. The van der Waals surface area contributed by atoms with Crippen molar-refractivity contribution in [2.24, 2.45) is 0 Å². The third-order valence-electron chi connectivity index (χ3n) is 8.23. The van der Waals surface area contributed by atoms with E-state index in [1.54, 1.807) is 23.2 Å². The first-order valence-corrected chi connectivity index (χ1v) is 15.4. The van der Waals surface area contributed by atoms with Crippen LogP contribution in [0.3, 0.4) is 0 Å². The number of nitrogens with zero attached hydrogens (tertiary/aromatic N) is 5. The van der Waals surface area contributed by atoms with Gasteiger partial charge in [-0.2, -0.15) is 18.3 Å². The third kappa shape index (κ3) is 7.74. The Morgan fingerprint density at radius 3 is 2.38 bits per heavy atom. The maximum absolute atomic E-state index is 13.6. The number of benzene rings is 3. The largest absolute Gasteiger partial charge is 0.445 e. The minimum atomic E-state index is -4.51. The van der Waals surface area contributed by atoms with Gasteiger partial charge in [0.15, 0.2) is 0 Å². The zero-order chi connectivity index (χ0) is 32.8. The van der Waals surface area contributed by atoms with Crippen molar-refractivity contribution >= 4 is 12.0 Å². The van der Waals surface area contributed by atoms with Crippen LogP contribution in [0, 0.1) is 0 Å². The van der Waals surface area contributed by atoms with E-state index in [0.29, 0.717) is 48.8 Å². The van der Waals surface area contributed by atoms with E-state index in [-0.39, 0.29) is 35.9 Å². The van der Waals surface area contributed by atoms with Crippen LogP contribution in [0.15, 0.2) is 103 Å². The maximum Gasteiger partial charge on any atom is 0.416 e. The highest BCUT2D eigenvalue weighted by atomic mass is 19.4. The number of amides is 1. The highest BCUT2D eigenvalue weighted by molar-refractivity contribution is 5.79. The van der Waals surface area contributed by atoms with Gasteiger partial charge < -0.3 is 15.0 Å². The highest BCUT2D eigenvalue weighted by Gasteiger charge is 2.31. The molecule has 0 bridgehead atoms. The summed E-state index contributed by atoms with van der Waals surface area (Å²) >= 11 is 0. The molecule has 2 aromatic heterocycles. The predicted molar refractivity (Wildman–Crippen MR) is 172 cm³/mol. The van der Waals surface area contributed by atoms with E-state index < -0.39 is 11.7 Å². The summed E-state index contributed by atoms with van der Waals surface area (Å²) in [6.45, 7) is 3.15. The van der Waals surface area contributed by atoms with Gasteiger partial charge in [0.1, 0.15) is 12.3 Å². The smallest absolute Gasteiger partial charge is 0.416 e. The molecule has 3 aromatic carbocycles. The zero-order valence-electron chi connectivity index (χ0n) is 25.7. The summed E-state index contributed by atoms with van der Waals surface area (Å²) in [7, 11) is 0. The van der Waals surface area contributed by atoms with Gasteiger partial charge in [0, 0.05) is 36.3 Å². The maximum atomic E-state index is 13.6. The normalized spacial score (nSPS) is 14.4. The molecule has 1 aliphatic rings. The predicted octanol–water partition coefficient (Wildman–Crippen LogP) is 8.31. The average Bonchev–Trinajstić information content (AvgIpc) is 3.11. The van der Waals surface area contributed by atoms with E-state index in [9.17, 15) is 18.0 Å². The van der Waals surface area contributed by atoms with Crippen molar-refractivity contribution < 1.29 is 22.7 Å². The summed E-state index contributed by atoms with van der Waals surface area (Å²) in [5, 5.41) is 12.3. The Bertz CT molecular complexity index is 1810. The number of nitrogens with one attached hydrogen (secondary N) is 1. The second-order valence-electron chi connectivity index (χ2n) is 11.5. The first-order chi connectivity index (χ1) is 22.7. The lowest BCUT2D eigenvalue weighted by Crippen LogP contribution is -2.38. The molecule has 5 aromatic rings. The molecule has 6 rings (SSSR count). The van der Waals surface area contributed by atoms with Gasteiger partial charge in [0.2, 0.25) is 5.95 Å². The Morgan fingerprint density at radius 1 is 0.936 bits per heavy atom. The molecule has 1 atom stereocenters. The number of ether oxygens (including phenoxy) is 1. The van der Waals surface area contributed by atoms with E-state index in [4.69, 9.17) is 9.72 Å². The van der Waals surface area contributed by atoms with E-state index in [2.05, 4.69) is 20.5 Å². The summed E-state index contributed by atoms with van der Waals surface area (Å²) in [6, 6.07) is 27.9. The number of piperidine rings is 1. The fraction of sp³-hybridized carbons (Fsp3) is 0.250. The number of anilines is 1. The highest BCUT2D eigenvalue weighted by Crippen LogP contribution is 2.37. The second kappa shape index (κ2) is 14.0. The zero-order valence-corrected chi connectivity index (χ0v) is 25.7. The van der Waals surface area contributed by atoms with Crippen LogP contribution < -0.4 is 5.32 Å². The van der Waals surface area contributed by atoms with Gasteiger partial charge in [-0.1, -0.05) is 72.8 Å². The molecule has 0 saturated carbocycles. The summed E-state index contributed by atoms with van der Waals surface area (Å²) in [4.78, 5) is 23.6. The fourth-order valence-electron chi connectivity index (χ4n) is 5.62.